The van der Waals surface area contributed by atoms with E-state index in [9.17, 15) is 10.5 Å². The molecule has 3 heterocycles. The molecule has 3 atom stereocenters. The van der Waals surface area contributed by atoms with Gasteiger partial charge in [-0.1, -0.05) is 79.6 Å². The number of hydrogen-bond acceptors (Lipinski definition) is 3. The van der Waals surface area contributed by atoms with E-state index in [4.69, 9.17) is 0 Å². The highest BCUT2D eigenvalue weighted by Gasteiger charge is 2.47. The van der Waals surface area contributed by atoms with Gasteiger partial charge >= 0.3 is 0 Å². The minimum Gasteiger partial charge on any atom is -0.340 e. The Bertz CT molecular complexity index is 2380. The average Bonchev–Trinajstić information content (AvgIpc) is 3.38. The second-order valence-electron chi connectivity index (χ2n) is 14.1. The van der Waals surface area contributed by atoms with Crippen LogP contribution in [-0.2, 0) is 0 Å². The highest BCUT2D eigenvalue weighted by Crippen LogP contribution is 2.56. The number of fused-ring (bicyclic) bond motifs is 6. The molecule has 0 amide bonds. The van der Waals surface area contributed by atoms with Crippen LogP contribution in [0.5, 0.6) is 0 Å². The fourth-order valence-electron chi connectivity index (χ4n) is 9.60. The maximum atomic E-state index is 10.8. The van der Waals surface area contributed by atoms with Crippen LogP contribution >= 0.6 is 0 Å². The monoisotopic (exact) mass is 650 g/mol. The Hall–Kier alpha value is -5.58. The molecular weight excluding hydrogens is 609 g/mol. The van der Waals surface area contributed by atoms with Crippen molar-refractivity contribution in [1.29, 1.82) is 10.5 Å². The molecule has 0 N–H and O–H groups in total. The molecule has 0 saturated heterocycles. The van der Waals surface area contributed by atoms with E-state index in [1.807, 2.05) is 31.2 Å². The number of anilines is 1. The summed E-state index contributed by atoms with van der Waals surface area (Å²) in [4.78, 5) is 2.69. The predicted octanol–water partition coefficient (Wildman–Crippen LogP) is 11.7. The fourth-order valence-corrected chi connectivity index (χ4v) is 9.60. The molecular formula is C46H42N4. The van der Waals surface area contributed by atoms with E-state index in [0.29, 0.717) is 29.0 Å². The van der Waals surface area contributed by atoms with Crippen molar-refractivity contribution >= 4 is 22.7 Å². The molecule has 1 aromatic heterocycles. The van der Waals surface area contributed by atoms with Gasteiger partial charge < -0.3 is 9.47 Å². The zero-order valence-corrected chi connectivity index (χ0v) is 29.6. The van der Waals surface area contributed by atoms with Crippen molar-refractivity contribution in [2.75, 3.05) is 4.90 Å². The standard InChI is InChI=1S/C46H42N4/c1-6-13-33-30(5)50-42-20-11-10-17-39(42)45-35(18-12-19-36(45)38-16-9-8-15-37(33)46(38)50)32-22-24-44(41(27-48)28(32)3)49-29(4)34(14-7-2)40-25-31(26-47)21-23-43(40)49/h6-7,10-14,17-25,37-38,46H,8-9,15-16H2,1-5H3/b13-6-,14-7-. The maximum absolute atomic E-state index is 10.8. The summed E-state index contributed by atoms with van der Waals surface area (Å²) in [6.07, 6.45) is 13.6. The summed E-state index contributed by atoms with van der Waals surface area (Å²) in [6, 6.07) is 31.4. The lowest BCUT2D eigenvalue weighted by Crippen LogP contribution is -2.37. The topological polar surface area (TPSA) is 55.8 Å². The number of para-hydroxylation sites is 1. The molecule has 50 heavy (non-hydrogen) atoms. The number of nitriles is 2. The van der Waals surface area contributed by atoms with Crippen LogP contribution in [0.3, 0.4) is 0 Å². The summed E-state index contributed by atoms with van der Waals surface area (Å²) in [5.74, 6) is 0.902. The lowest BCUT2D eigenvalue weighted by Gasteiger charge is -2.35. The van der Waals surface area contributed by atoms with Gasteiger partial charge in [0.1, 0.15) is 6.07 Å². The Balaban J connectivity index is 1.37. The van der Waals surface area contributed by atoms with Crippen molar-refractivity contribution < 1.29 is 0 Å². The zero-order chi connectivity index (χ0) is 34.7. The number of nitrogens with zero attached hydrogens (tertiary/aromatic N) is 4. The summed E-state index contributed by atoms with van der Waals surface area (Å²) < 4.78 is 2.19. The highest BCUT2D eigenvalue weighted by molar-refractivity contribution is 5.97. The third-order valence-electron chi connectivity index (χ3n) is 11.7. The highest BCUT2D eigenvalue weighted by atomic mass is 15.2. The largest absolute Gasteiger partial charge is 0.340 e. The van der Waals surface area contributed by atoms with E-state index in [2.05, 4.69) is 122 Å². The Morgan fingerprint density at radius 3 is 2.26 bits per heavy atom. The van der Waals surface area contributed by atoms with Crippen LogP contribution in [0.4, 0.5) is 5.69 Å². The average molecular weight is 651 g/mol. The SMILES string of the molecule is C/C=C\C1=C(C)N2c3ccccc3-c3c(-c4ccc(-n5c(C)c(/C=C\C)c6cc(C#N)ccc65)c(C#N)c4C)cccc3C3CCCCC1C32. The van der Waals surface area contributed by atoms with Gasteiger partial charge in [-0.3, -0.25) is 0 Å². The lowest BCUT2D eigenvalue weighted by molar-refractivity contribution is 0.436. The molecule has 1 saturated carbocycles. The Labute approximate surface area is 295 Å². The molecule has 4 heteroatoms. The fraction of sp³-hybridized carbons (Fsp3) is 0.261. The molecule has 246 valence electrons. The van der Waals surface area contributed by atoms with Gasteiger partial charge in [0, 0.05) is 51.5 Å². The molecule has 3 unspecified atom stereocenters. The number of benzene rings is 4. The summed E-state index contributed by atoms with van der Waals surface area (Å²) in [5, 5.41) is 21.5. The molecule has 2 aliphatic heterocycles. The first-order chi connectivity index (χ1) is 24.4. The van der Waals surface area contributed by atoms with Gasteiger partial charge in [-0.05, 0) is 111 Å². The Kier molecular flexibility index (Phi) is 7.85. The van der Waals surface area contributed by atoms with Gasteiger partial charge in [0.2, 0.25) is 0 Å². The van der Waals surface area contributed by atoms with Crippen molar-refractivity contribution in [3.8, 4) is 40.1 Å². The smallest absolute Gasteiger partial charge is 0.102 e. The van der Waals surface area contributed by atoms with Crippen LogP contribution in [-0.4, -0.2) is 10.6 Å². The second-order valence-corrected chi connectivity index (χ2v) is 14.1. The predicted molar refractivity (Wildman–Crippen MR) is 206 cm³/mol. The molecule has 8 rings (SSSR count). The number of aromatic nitrogens is 1. The summed E-state index contributed by atoms with van der Waals surface area (Å²) in [6.45, 7) is 10.7. The first-order valence-electron chi connectivity index (χ1n) is 18.0. The van der Waals surface area contributed by atoms with Crippen LogP contribution in [0.1, 0.15) is 85.9 Å². The van der Waals surface area contributed by atoms with Crippen molar-refractivity contribution in [3.63, 3.8) is 0 Å². The lowest BCUT2D eigenvalue weighted by atomic mass is 9.77. The molecule has 5 aromatic rings. The van der Waals surface area contributed by atoms with E-state index in [1.54, 1.807) is 0 Å². The van der Waals surface area contributed by atoms with Gasteiger partial charge in [0.25, 0.3) is 0 Å². The maximum Gasteiger partial charge on any atom is 0.102 e. The third-order valence-corrected chi connectivity index (χ3v) is 11.7. The number of allylic oxidation sites excluding steroid dienone is 4. The van der Waals surface area contributed by atoms with E-state index < -0.39 is 0 Å². The van der Waals surface area contributed by atoms with E-state index in [1.165, 1.54) is 64.9 Å². The summed E-state index contributed by atoms with van der Waals surface area (Å²) >= 11 is 0. The second kappa shape index (κ2) is 12.4. The quantitative estimate of drug-likeness (QED) is 0.194. The van der Waals surface area contributed by atoms with Crippen molar-refractivity contribution in [2.24, 2.45) is 5.92 Å². The number of rotatable bonds is 4. The van der Waals surface area contributed by atoms with Crippen LogP contribution in [0.15, 0.2) is 102 Å². The first kappa shape index (κ1) is 31.7. The molecule has 0 bridgehead atoms. The Morgan fingerprint density at radius 1 is 0.740 bits per heavy atom. The minimum absolute atomic E-state index is 0.386. The van der Waals surface area contributed by atoms with Gasteiger partial charge in [-0.15, -0.1) is 0 Å². The molecule has 1 aliphatic carbocycles. The van der Waals surface area contributed by atoms with E-state index in [-0.39, 0.29) is 0 Å². The summed E-state index contributed by atoms with van der Waals surface area (Å²) in [5.41, 5.74) is 16.7. The molecule has 0 spiro atoms. The molecule has 4 aromatic carbocycles. The van der Waals surface area contributed by atoms with Crippen LogP contribution in [0.25, 0.3) is 44.9 Å². The molecule has 3 aliphatic rings. The van der Waals surface area contributed by atoms with E-state index in [0.717, 1.165) is 39.0 Å². The zero-order valence-electron chi connectivity index (χ0n) is 29.6. The van der Waals surface area contributed by atoms with E-state index >= 15 is 0 Å². The van der Waals surface area contributed by atoms with Crippen molar-refractivity contribution in [3.05, 3.63) is 136 Å². The van der Waals surface area contributed by atoms with Crippen molar-refractivity contribution in [2.45, 2.75) is 72.3 Å². The molecule has 1 fully saturated rings. The van der Waals surface area contributed by atoms with Crippen LogP contribution in [0, 0.1) is 42.4 Å². The van der Waals surface area contributed by atoms with Gasteiger partial charge in [-0.2, -0.15) is 10.5 Å². The van der Waals surface area contributed by atoms with Crippen LogP contribution in [0.2, 0.25) is 0 Å². The third kappa shape index (κ3) is 4.55. The first-order valence-corrected chi connectivity index (χ1v) is 18.0. The Morgan fingerprint density at radius 2 is 1.50 bits per heavy atom. The normalized spacial score (nSPS) is 19.7. The molecule has 4 nitrogen and oxygen atoms in total. The van der Waals surface area contributed by atoms with Crippen molar-refractivity contribution in [1.82, 2.24) is 4.57 Å². The van der Waals surface area contributed by atoms with Gasteiger partial charge in [-0.25, -0.2) is 0 Å². The summed E-state index contributed by atoms with van der Waals surface area (Å²) in [7, 11) is 0. The minimum atomic E-state index is 0.386. The number of hydrogen-bond donors (Lipinski definition) is 0. The van der Waals surface area contributed by atoms with Crippen LogP contribution < -0.4 is 4.90 Å². The molecule has 0 radical (unpaired) electrons. The van der Waals surface area contributed by atoms with Gasteiger partial charge in [0.05, 0.1) is 28.4 Å². The van der Waals surface area contributed by atoms with Gasteiger partial charge in [0.15, 0.2) is 0 Å².